The quantitative estimate of drug-likeness (QED) is 0.837. The zero-order valence-corrected chi connectivity index (χ0v) is 14.4. The Bertz CT molecular complexity index is 742. The van der Waals surface area contributed by atoms with E-state index in [0.717, 1.165) is 36.6 Å². The van der Waals surface area contributed by atoms with Crippen LogP contribution in [0.25, 0.3) is 0 Å². The molecule has 1 N–H and O–H groups in total. The van der Waals surface area contributed by atoms with Crippen molar-refractivity contribution in [3.8, 4) is 5.75 Å². The minimum Gasteiger partial charge on any atom is -0.494 e. The van der Waals surface area contributed by atoms with Gasteiger partial charge in [-0.1, -0.05) is 0 Å². The zero-order valence-electron chi connectivity index (χ0n) is 14.4. The lowest BCUT2D eigenvalue weighted by Gasteiger charge is -2.23. The summed E-state index contributed by atoms with van der Waals surface area (Å²) in [6.07, 6.45) is 7.32. The van der Waals surface area contributed by atoms with Gasteiger partial charge in [-0.25, -0.2) is 4.98 Å². The summed E-state index contributed by atoms with van der Waals surface area (Å²) in [6, 6.07) is 6.30. The largest absolute Gasteiger partial charge is 0.494 e. The van der Waals surface area contributed by atoms with Crippen LogP contribution in [0.5, 0.6) is 5.75 Å². The fourth-order valence-electron chi connectivity index (χ4n) is 3.45. The van der Waals surface area contributed by atoms with Crippen molar-refractivity contribution in [3.63, 3.8) is 0 Å². The number of ether oxygens (including phenoxy) is 1. The van der Waals surface area contributed by atoms with Crippen LogP contribution in [0.3, 0.4) is 0 Å². The molecule has 0 radical (unpaired) electrons. The van der Waals surface area contributed by atoms with Gasteiger partial charge in [0.25, 0.3) is 0 Å². The third-order valence-corrected chi connectivity index (χ3v) is 4.94. The average Bonchev–Trinajstić information content (AvgIpc) is 3.19. The van der Waals surface area contributed by atoms with Gasteiger partial charge in [0.1, 0.15) is 18.4 Å². The van der Waals surface area contributed by atoms with Crippen molar-refractivity contribution in [1.29, 1.82) is 0 Å². The topological polar surface area (TPSA) is 72.3 Å². The standard InChI is InChI=1S/C18H23N5O2/c1-25-17-9-14(6-7-16(17)23-8-2-3-18(23)24)21-15(13-4-5-13)10-22-12-19-11-20-22/h6-7,9,11-13,15,21H,2-5,8,10H2,1H3. The fourth-order valence-corrected chi connectivity index (χ4v) is 3.45. The first-order valence-corrected chi connectivity index (χ1v) is 8.82. The van der Waals surface area contributed by atoms with E-state index in [1.807, 2.05) is 27.8 Å². The Morgan fingerprint density at radius 3 is 2.92 bits per heavy atom. The number of amides is 1. The Hall–Kier alpha value is -2.57. The molecular weight excluding hydrogens is 318 g/mol. The van der Waals surface area contributed by atoms with Crippen LogP contribution in [0.4, 0.5) is 11.4 Å². The minimum atomic E-state index is 0.168. The van der Waals surface area contributed by atoms with E-state index in [4.69, 9.17) is 4.74 Å². The molecule has 2 aromatic rings. The monoisotopic (exact) mass is 341 g/mol. The van der Waals surface area contributed by atoms with Gasteiger partial charge in [-0.05, 0) is 37.3 Å². The molecule has 1 aromatic heterocycles. The molecule has 1 aliphatic carbocycles. The van der Waals surface area contributed by atoms with Gasteiger partial charge >= 0.3 is 0 Å². The molecule has 0 spiro atoms. The van der Waals surface area contributed by atoms with Crippen molar-refractivity contribution in [2.24, 2.45) is 5.92 Å². The van der Waals surface area contributed by atoms with Crippen molar-refractivity contribution in [2.75, 3.05) is 23.9 Å². The molecule has 4 rings (SSSR count). The second-order valence-corrected chi connectivity index (χ2v) is 6.74. The van der Waals surface area contributed by atoms with E-state index in [-0.39, 0.29) is 5.91 Å². The summed E-state index contributed by atoms with van der Waals surface area (Å²) in [7, 11) is 1.65. The van der Waals surface area contributed by atoms with Crippen molar-refractivity contribution in [1.82, 2.24) is 14.8 Å². The van der Waals surface area contributed by atoms with E-state index in [1.165, 1.54) is 12.8 Å². The third-order valence-electron chi connectivity index (χ3n) is 4.94. The number of benzene rings is 1. The summed E-state index contributed by atoms with van der Waals surface area (Å²) in [5.41, 5.74) is 1.86. The number of carbonyl (C=O) groups excluding carboxylic acids is 1. The average molecular weight is 341 g/mol. The summed E-state index contributed by atoms with van der Waals surface area (Å²) < 4.78 is 7.41. The Morgan fingerprint density at radius 1 is 1.40 bits per heavy atom. The Balaban J connectivity index is 1.52. The highest BCUT2D eigenvalue weighted by molar-refractivity contribution is 5.97. The van der Waals surface area contributed by atoms with E-state index in [9.17, 15) is 4.79 Å². The molecular formula is C18H23N5O2. The highest BCUT2D eigenvalue weighted by Gasteiger charge is 2.32. The molecule has 1 aromatic carbocycles. The third kappa shape index (κ3) is 3.45. The predicted octanol–water partition coefficient (Wildman–Crippen LogP) is 2.30. The summed E-state index contributed by atoms with van der Waals surface area (Å²) in [4.78, 5) is 17.9. The van der Waals surface area contributed by atoms with Crippen LogP contribution in [0.15, 0.2) is 30.9 Å². The number of aromatic nitrogens is 3. The summed E-state index contributed by atoms with van der Waals surface area (Å²) in [5, 5.41) is 7.82. The van der Waals surface area contributed by atoms with E-state index in [2.05, 4.69) is 15.4 Å². The number of nitrogens with zero attached hydrogens (tertiary/aromatic N) is 4. The fraction of sp³-hybridized carbons (Fsp3) is 0.500. The molecule has 1 amide bonds. The van der Waals surface area contributed by atoms with Crippen LogP contribution in [0.1, 0.15) is 25.7 Å². The summed E-state index contributed by atoms with van der Waals surface area (Å²) in [6.45, 7) is 1.55. The number of hydrogen-bond acceptors (Lipinski definition) is 5. The van der Waals surface area contributed by atoms with E-state index in [0.29, 0.717) is 18.4 Å². The van der Waals surface area contributed by atoms with Crippen LogP contribution in [0, 0.1) is 5.92 Å². The van der Waals surface area contributed by atoms with Gasteiger partial charge in [0.05, 0.1) is 19.3 Å². The Labute approximate surface area is 147 Å². The number of methoxy groups -OCH3 is 1. The Morgan fingerprint density at radius 2 is 2.28 bits per heavy atom. The predicted molar refractivity (Wildman–Crippen MR) is 94.7 cm³/mol. The highest BCUT2D eigenvalue weighted by Crippen LogP contribution is 2.37. The molecule has 1 unspecified atom stereocenters. The summed E-state index contributed by atoms with van der Waals surface area (Å²) >= 11 is 0. The van der Waals surface area contributed by atoms with Crippen LogP contribution >= 0.6 is 0 Å². The molecule has 0 bridgehead atoms. The van der Waals surface area contributed by atoms with Crippen molar-refractivity contribution < 1.29 is 9.53 Å². The number of hydrogen-bond donors (Lipinski definition) is 1. The molecule has 1 aliphatic heterocycles. The van der Waals surface area contributed by atoms with E-state index < -0.39 is 0 Å². The molecule has 2 fully saturated rings. The summed E-state index contributed by atoms with van der Waals surface area (Å²) in [5.74, 6) is 1.56. The SMILES string of the molecule is COc1cc(NC(Cn2cncn2)C2CC2)ccc1N1CCCC1=O. The molecule has 1 atom stereocenters. The maximum Gasteiger partial charge on any atom is 0.227 e. The van der Waals surface area contributed by atoms with Gasteiger partial charge in [-0.2, -0.15) is 5.10 Å². The maximum absolute atomic E-state index is 12.0. The first-order valence-electron chi connectivity index (χ1n) is 8.82. The van der Waals surface area contributed by atoms with Gasteiger partial charge in [0.15, 0.2) is 0 Å². The number of rotatable bonds is 7. The molecule has 25 heavy (non-hydrogen) atoms. The number of carbonyl (C=O) groups is 1. The maximum atomic E-state index is 12.0. The van der Waals surface area contributed by atoms with Gasteiger partial charge < -0.3 is 15.0 Å². The first kappa shape index (κ1) is 15.9. The second kappa shape index (κ2) is 6.74. The minimum absolute atomic E-state index is 0.168. The highest BCUT2D eigenvalue weighted by atomic mass is 16.5. The van der Waals surface area contributed by atoms with E-state index >= 15 is 0 Å². The molecule has 1 saturated heterocycles. The molecule has 2 heterocycles. The number of nitrogens with one attached hydrogen (secondary N) is 1. The van der Waals surface area contributed by atoms with Crippen molar-refractivity contribution in [2.45, 2.75) is 38.3 Å². The normalized spacial score (nSPS) is 18.4. The van der Waals surface area contributed by atoms with E-state index in [1.54, 1.807) is 19.8 Å². The first-order chi connectivity index (χ1) is 12.2. The van der Waals surface area contributed by atoms with Crippen LogP contribution in [-0.2, 0) is 11.3 Å². The lowest BCUT2D eigenvalue weighted by atomic mass is 10.1. The van der Waals surface area contributed by atoms with Crippen LogP contribution in [-0.4, -0.2) is 40.4 Å². The Kier molecular flexibility index (Phi) is 4.29. The van der Waals surface area contributed by atoms with Gasteiger partial charge in [-0.15, -0.1) is 0 Å². The van der Waals surface area contributed by atoms with Crippen LogP contribution < -0.4 is 15.0 Å². The lowest BCUT2D eigenvalue weighted by molar-refractivity contribution is -0.117. The van der Waals surface area contributed by atoms with Crippen molar-refractivity contribution >= 4 is 17.3 Å². The smallest absolute Gasteiger partial charge is 0.227 e. The molecule has 7 nitrogen and oxygen atoms in total. The molecule has 7 heteroatoms. The lowest BCUT2D eigenvalue weighted by Crippen LogP contribution is -2.28. The molecule has 132 valence electrons. The molecule has 1 saturated carbocycles. The van der Waals surface area contributed by atoms with Crippen molar-refractivity contribution in [3.05, 3.63) is 30.9 Å². The van der Waals surface area contributed by atoms with Gasteiger partial charge in [-0.3, -0.25) is 9.48 Å². The number of anilines is 2. The van der Waals surface area contributed by atoms with Crippen LogP contribution in [0.2, 0.25) is 0 Å². The van der Waals surface area contributed by atoms with Gasteiger partial charge in [0.2, 0.25) is 5.91 Å². The van der Waals surface area contributed by atoms with Gasteiger partial charge in [0, 0.05) is 30.8 Å². The second-order valence-electron chi connectivity index (χ2n) is 6.74. The zero-order chi connectivity index (χ0) is 17.2. The molecule has 2 aliphatic rings.